The molecule has 110 valence electrons. The average Bonchev–Trinajstić information content (AvgIpc) is 2.43. The lowest BCUT2D eigenvalue weighted by atomic mass is 10.1. The average molecular weight is 328 g/mol. The molecule has 6 heteroatoms. The van der Waals surface area contributed by atoms with Crippen molar-refractivity contribution < 1.29 is 13.9 Å². The third-order valence-corrected chi connectivity index (χ3v) is 3.47. The number of pyridine rings is 1. The highest BCUT2D eigenvalue weighted by molar-refractivity contribution is 6.36. The molecule has 0 radical (unpaired) electrons. The summed E-state index contributed by atoms with van der Waals surface area (Å²) >= 11 is 11.7. The summed E-state index contributed by atoms with van der Waals surface area (Å²) in [6.07, 6.45) is 0. The molecule has 0 amide bonds. The topological polar surface area (TPSA) is 39.2 Å². The predicted octanol–water partition coefficient (Wildman–Crippen LogP) is 4.68. The van der Waals surface area contributed by atoms with E-state index in [0.717, 1.165) is 0 Å². The Kier molecular flexibility index (Phi) is 4.80. The standard InChI is InChI=1S/C15H12Cl2FNO2/c1-3-21-15(20)9-4-5-14(19-8(9)2)10-6-13(18)12(17)7-11(10)16/h4-7H,3H2,1-2H3. The van der Waals surface area contributed by atoms with Crippen LogP contribution in [0.3, 0.4) is 0 Å². The van der Waals surface area contributed by atoms with Crippen molar-refractivity contribution in [2.45, 2.75) is 13.8 Å². The molecule has 0 fully saturated rings. The summed E-state index contributed by atoms with van der Waals surface area (Å²) in [6, 6.07) is 5.72. The molecule has 1 aromatic carbocycles. The molecule has 1 aromatic heterocycles. The third kappa shape index (κ3) is 3.34. The van der Waals surface area contributed by atoms with E-state index in [2.05, 4.69) is 4.98 Å². The number of carbonyl (C=O) groups is 1. The smallest absolute Gasteiger partial charge is 0.339 e. The first-order chi connectivity index (χ1) is 9.93. The van der Waals surface area contributed by atoms with Gasteiger partial charge < -0.3 is 4.74 Å². The molecule has 1 heterocycles. The molecule has 21 heavy (non-hydrogen) atoms. The normalized spacial score (nSPS) is 10.5. The maximum atomic E-state index is 13.6. The number of nitrogens with zero attached hydrogens (tertiary/aromatic N) is 1. The fourth-order valence-electron chi connectivity index (χ4n) is 1.85. The second-order valence-electron chi connectivity index (χ2n) is 4.30. The van der Waals surface area contributed by atoms with Crippen molar-refractivity contribution in [1.82, 2.24) is 4.98 Å². The number of halogens is 3. The van der Waals surface area contributed by atoms with Crippen LogP contribution >= 0.6 is 23.2 Å². The van der Waals surface area contributed by atoms with Crippen LogP contribution in [0.15, 0.2) is 24.3 Å². The molecule has 0 bridgehead atoms. The van der Waals surface area contributed by atoms with Crippen LogP contribution in [-0.2, 0) is 4.74 Å². The number of benzene rings is 1. The summed E-state index contributed by atoms with van der Waals surface area (Å²) in [5.74, 6) is -1.02. The molecule has 0 aliphatic carbocycles. The monoisotopic (exact) mass is 327 g/mol. The number of aromatic nitrogens is 1. The van der Waals surface area contributed by atoms with E-state index >= 15 is 0 Å². The number of hydrogen-bond acceptors (Lipinski definition) is 3. The number of hydrogen-bond donors (Lipinski definition) is 0. The van der Waals surface area contributed by atoms with E-state index in [1.807, 2.05) is 0 Å². The minimum absolute atomic E-state index is 0.0522. The number of esters is 1. The van der Waals surface area contributed by atoms with E-state index in [9.17, 15) is 9.18 Å². The third-order valence-electron chi connectivity index (χ3n) is 2.87. The number of aryl methyl sites for hydroxylation is 1. The Morgan fingerprint density at radius 1 is 1.29 bits per heavy atom. The van der Waals surface area contributed by atoms with Gasteiger partial charge in [0.2, 0.25) is 0 Å². The lowest BCUT2D eigenvalue weighted by Gasteiger charge is -2.09. The van der Waals surface area contributed by atoms with E-state index in [-0.39, 0.29) is 16.7 Å². The zero-order valence-corrected chi connectivity index (χ0v) is 12.9. The Labute approximate surface area is 131 Å². The van der Waals surface area contributed by atoms with Gasteiger partial charge in [-0.1, -0.05) is 23.2 Å². The lowest BCUT2D eigenvalue weighted by molar-refractivity contribution is 0.0525. The van der Waals surface area contributed by atoms with Crippen LogP contribution in [0.2, 0.25) is 10.0 Å². The Bertz CT molecular complexity index is 704. The zero-order valence-electron chi connectivity index (χ0n) is 11.4. The molecule has 3 nitrogen and oxygen atoms in total. The highest BCUT2D eigenvalue weighted by Gasteiger charge is 2.15. The van der Waals surface area contributed by atoms with E-state index in [4.69, 9.17) is 27.9 Å². The SMILES string of the molecule is CCOC(=O)c1ccc(-c2cc(F)c(Cl)cc2Cl)nc1C. The van der Waals surface area contributed by atoms with Crippen molar-refractivity contribution in [2.24, 2.45) is 0 Å². The van der Waals surface area contributed by atoms with Gasteiger partial charge in [0.15, 0.2) is 0 Å². The van der Waals surface area contributed by atoms with Gasteiger partial charge in [0, 0.05) is 5.56 Å². The summed E-state index contributed by atoms with van der Waals surface area (Å²) < 4.78 is 18.5. The Hall–Kier alpha value is -1.65. The summed E-state index contributed by atoms with van der Waals surface area (Å²) in [7, 11) is 0. The number of ether oxygens (including phenoxy) is 1. The van der Waals surface area contributed by atoms with Crippen LogP contribution in [-0.4, -0.2) is 17.6 Å². The van der Waals surface area contributed by atoms with Gasteiger partial charge in [-0.15, -0.1) is 0 Å². The van der Waals surface area contributed by atoms with Gasteiger partial charge in [-0.25, -0.2) is 9.18 Å². The van der Waals surface area contributed by atoms with E-state index in [0.29, 0.717) is 22.5 Å². The second kappa shape index (κ2) is 6.41. The predicted molar refractivity (Wildman–Crippen MR) is 80.3 cm³/mol. The summed E-state index contributed by atoms with van der Waals surface area (Å²) in [4.78, 5) is 16.0. The molecule has 0 N–H and O–H groups in total. The Balaban J connectivity index is 2.45. The largest absolute Gasteiger partial charge is 0.462 e. The van der Waals surface area contributed by atoms with E-state index in [1.165, 1.54) is 12.1 Å². The molecule has 0 saturated carbocycles. The van der Waals surface area contributed by atoms with Crippen molar-refractivity contribution in [2.75, 3.05) is 6.61 Å². The summed E-state index contributed by atoms with van der Waals surface area (Å²) in [5.41, 5.74) is 1.72. The van der Waals surface area contributed by atoms with Crippen LogP contribution < -0.4 is 0 Å². The maximum absolute atomic E-state index is 13.6. The minimum atomic E-state index is -0.579. The number of carbonyl (C=O) groups excluding carboxylic acids is 1. The van der Waals surface area contributed by atoms with Crippen molar-refractivity contribution in [3.63, 3.8) is 0 Å². The highest BCUT2D eigenvalue weighted by Crippen LogP contribution is 2.31. The van der Waals surface area contributed by atoms with Crippen molar-refractivity contribution in [3.8, 4) is 11.3 Å². The molecule has 0 aliphatic heterocycles. The summed E-state index contributed by atoms with van der Waals surface area (Å²) in [5, 5.41) is 0.237. The number of rotatable bonds is 3. The van der Waals surface area contributed by atoms with Gasteiger partial charge in [0.25, 0.3) is 0 Å². The molecule has 2 aromatic rings. The highest BCUT2D eigenvalue weighted by atomic mass is 35.5. The lowest BCUT2D eigenvalue weighted by Crippen LogP contribution is -2.08. The van der Waals surface area contributed by atoms with Crippen LogP contribution in [0.5, 0.6) is 0 Å². The first-order valence-electron chi connectivity index (χ1n) is 6.23. The quantitative estimate of drug-likeness (QED) is 0.607. The molecule has 2 rings (SSSR count). The van der Waals surface area contributed by atoms with E-state index < -0.39 is 11.8 Å². The molecule has 0 unspecified atom stereocenters. The fraction of sp³-hybridized carbons (Fsp3) is 0.200. The second-order valence-corrected chi connectivity index (χ2v) is 5.11. The molecule has 0 aliphatic rings. The van der Waals surface area contributed by atoms with Crippen molar-refractivity contribution in [3.05, 3.63) is 51.4 Å². The molecule has 0 spiro atoms. The maximum Gasteiger partial charge on any atom is 0.339 e. The first-order valence-corrected chi connectivity index (χ1v) is 6.99. The molecular weight excluding hydrogens is 316 g/mol. The molecular formula is C15H12Cl2FNO2. The van der Waals surface area contributed by atoms with Crippen LogP contribution in [0.25, 0.3) is 11.3 Å². The minimum Gasteiger partial charge on any atom is -0.462 e. The fourth-order valence-corrected chi connectivity index (χ4v) is 2.33. The Morgan fingerprint density at radius 3 is 2.62 bits per heavy atom. The van der Waals surface area contributed by atoms with E-state index in [1.54, 1.807) is 26.0 Å². The zero-order chi connectivity index (χ0) is 15.6. The van der Waals surface area contributed by atoms with Gasteiger partial charge in [-0.2, -0.15) is 0 Å². The molecule has 0 atom stereocenters. The van der Waals surface area contributed by atoms with Crippen molar-refractivity contribution >= 4 is 29.2 Å². The molecule has 0 saturated heterocycles. The van der Waals surface area contributed by atoms with Crippen LogP contribution in [0.4, 0.5) is 4.39 Å². The Morgan fingerprint density at radius 2 is 2.00 bits per heavy atom. The van der Waals surface area contributed by atoms with Gasteiger partial charge >= 0.3 is 5.97 Å². The first kappa shape index (κ1) is 15.7. The summed E-state index contributed by atoms with van der Waals surface area (Å²) in [6.45, 7) is 3.69. The van der Waals surface area contributed by atoms with Gasteiger partial charge in [0.05, 0.1) is 33.6 Å². The van der Waals surface area contributed by atoms with Gasteiger partial charge in [-0.05, 0) is 38.1 Å². The van der Waals surface area contributed by atoms with Gasteiger partial charge in [0.1, 0.15) is 5.82 Å². The van der Waals surface area contributed by atoms with Crippen molar-refractivity contribution in [1.29, 1.82) is 0 Å². The van der Waals surface area contributed by atoms with Crippen LogP contribution in [0, 0.1) is 12.7 Å². The van der Waals surface area contributed by atoms with Crippen LogP contribution in [0.1, 0.15) is 23.0 Å². The van der Waals surface area contributed by atoms with Gasteiger partial charge in [-0.3, -0.25) is 4.98 Å².